The molecule has 0 aromatic rings. The van der Waals surface area contributed by atoms with Gasteiger partial charge in [-0.25, -0.2) is 0 Å². The van der Waals surface area contributed by atoms with Gasteiger partial charge in [-0.3, -0.25) is 4.90 Å². The Hall–Kier alpha value is -0.0800. The summed E-state index contributed by atoms with van der Waals surface area (Å²) in [5.74, 6) is 0. The van der Waals surface area contributed by atoms with E-state index in [-0.39, 0.29) is 0 Å². The molecule has 0 heterocycles. The van der Waals surface area contributed by atoms with Crippen LogP contribution in [-0.2, 0) is 0 Å². The van der Waals surface area contributed by atoms with Crippen molar-refractivity contribution in [1.29, 1.82) is 0 Å². The van der Waals surface area contributed by atoms with E-state index in [1.165, 1.54) is 19.3 Å². The maximum atomic E-state index is 3.52. The molecule has 2 nitrogen and oxygen atoms in total. The number of nitrogens with one attached hydrogen (secondary N) is 1. The predicted molar refractivity (Wildman–Crippen MR) is 58.0 cm³/mol. The van der Waals surface area contributed by atoms with Crippen LogP contribution in [0.4, 0.5) is 0 Å². The van der Waals surface area contributed by atoms with Gasteiger partial charge >= 0.3 is 0 Å². The van der Waals surface area contributed by atoms with E-state index in [1.54, 1.807) is 0 Å². The molecule has 1 rings (SSSR count). The zero-order valence-electron chi connectivity index (χ0n) is 9.51. The first-order chi connectivity index (χ1) is 6.15. The van der Waals surface area contributed by atoms with Crippen LogP contribution >= 0.6 is 0 Å². The molecule has 1 aliphatic rings. The minimum absolute atomic E-state index is 0.613. The minimum Gasteiger partial charge on any atom is -0.313 e. The van der Waals surface area contributed by atoms with Crippen LogP contribution < -0.4 is 5.32 Å². The Morgan fingerprint density at radius 1 is 1.38 bits per heavy atom. The Morgan fingerprint density at radius 2 is 2.00 bits per heavy atom. The molecule has 1 saturated carbocycles. The zero-order valence-corrected chi connectivity index (χ0v) is 9.51. The molecule has 0 spiro atoms. The second-order valence-electron chi connectivity index (χ2n) is 4.52. The molecule has 0 radical (unpaired) electrons. The maximum Gasteiger partial charge on any atom is 0.0217 e. The van der Waals surface area contributed by atoms with Gasteiger partial charge < -0.3 is 5.32 Å². The number of hydrogen-bond donors (Lipinski definition) is 1. The van der Waals surface area contributed by atoms with Gasteiger partial charge in [-0.15, -0.1) is 0 Å². The van der Waals surface area contributed by atoms with Gasteiger partial charge in [-0.2, -0.15) is 0 Å². The second kappa shape index (κ2) is 4.97. The Morgan fingerprint density at radius 3 is 2.38 bits per heavy atom. The molecular formula is C11H24N2. The lowest BCUT2D eigenvalue weighted by molar-refractivity contribution is 0.217. The fourth-order valence-corrected chi connectivity index (χ4v) is 1.73. The first kappa shape index (κ1) is 11.0. The highest BCUT2D eigenvalue weighted by Crippen LogP contribution is 2.27. The van der Waals surface area contributed by atoms with Gasteiger partial charge in [0.05, 0.1) is 0 Å². The van der Waals surface area contributed by atoms with Crippen LogP contribution in [-0.4, -0.2) is 36.6 Å². The van der Waals surface area contributed by atoms with Crippen LogP contribution in [0.1, 0.15) is 40.0 Å². The quantitative estimate of drug-likeness (QED) is 0.678. The molecule has 1 atom stereocenters. The van der Waals surface area contributed by atoms with Gasteiger partial charge in [0.15, 0.2) is 0 Å². The standard InChI is InChI=1S/C11H24N2/c1-5-10(8-12-9(2)3)13(4)11-6-7-11/h9-12H,5-8H2,1-4H3. The average Bonchev–Trinajstić information content (AvgIpc) is 2.86. The van der Waals surface area contributed by atoms with E-state index in [0.29, 0.717) is 6.04 Å². The van der Waals surface area contributed by atoms with Crippen LogP contribution in [0.3, 0.4) is 0 Å². The van der Waals surface area contributed by atoms with Gasteiger partial charge in [0.25, 0.3) is 0 Å². The minimum atomic E-state index is 0.613. The van der Waals surface area contributed by atoms with Crippen molar-refractivity contribution >= 4 is 0 Å². The second-order valence-corrected chi connectivity index (χ2v) is 4.52. The fourth-order valence-electron chi connectivity index (χ4n) is 1.73. The maximum absolute atomic E-state index is 3.52. The lowest BCUT2D eigenvalue weighted by atomic mass is 10.2. The van der Waals surface area contributed by atoms with E-state index in [0.717, 1.165) is 18.6 Å². The van der Waals surface area contributed by atoms with Crippen molar-refractivity contribution in [3.63, 3.8) is 0 Å². The molecule has 0 aromatic carbocycles. The van der Waals surface area contributed by atoms with Crippen LogP contribution in [0, 0.1) is 0 Å². The monoisotopic (exact) mass is 184 g/mol. The summed E-state index contributed by atoms with van der Waals surface area (Å²) in [6, 6.07) is 2.23. The molecular weight excluding hydrogens is 160 g/mol. The summed E-state index contributed by atoms with van der Waals surface area (Å²) in [7, 11) is 2.27. The summed E-state index contributed by atoms with van der Waals surface area (Å²) < 4.78 is 0. The van der Waals surface area contributed by atoms with Crippen molar-refractivity contribution in [1.82, 2.24) is 10.2 Å². The smallest absolute Gasteiger partial charge is 0.0217 e. The number of nitrogens with zero attached hydrogens (tertiary/aromatic N) is 1. The van der Waals surface area contributed by atoms with Crippen molar-refractivity contribution in [3.05, 3.63) is 0 Å². The summed E-state index contributed by atoms with van der Waals surface area (Å²) in [6.07, 6.45) is 4.08. The molecule has 0 saturated heterocycles. The van der Waals surface area contributed by atoms with Crippen LogP contribution in [0.25, 0.3) is 0 Å². The Labute approximate surface area is 82.7 Å². The van der Waals surface area contributed by atoms with E-state index >= 15 is 0 Å². The number of rotatable bonds is 6. The first-order valence-electron chi connectivity index (χ1n) is 5.60. The lowest BCUT2D eigenvalue weighted by Crippen LogP contribution is -2.42. The summed E-state index contributed by atoms with van der Waals surface area (Å²) in [4.78, 5) is 2.55. The predicted octanol–water partition coefficient (Wildman–Crippen LogP) is 1.86. The van der Waals surface area contributed by atoms with E-state index in [2.05, 4.69) is 38.0 Å². The van der Waals surface area contributed by atoms with Gasteiger partial charge in [-0.1, -0.05) is 20.8 Å². The normalized spacial score (nSPS) is 19.8. The largest absolute Gasteiger partial charge is 0.313 e. The Bertz CT molecular complexity index is 141. The zero-order chi connectivity index (χ0) is 9.84. The molecule has 0 bridgehead atoms. The van der Waals surface area contributed by atoms with E-state index in [9.17, 15) is 0 Å². The molecule has 1 aliphatic carbocycles. The van der Waals surface area contributed by atoms with Crippen LogP contribution in [0.5, 0.6) is 0 Å². The average molecular weight is 184 g/mol. The van der Waals surface area contributed by atoms with Crippen molar-refractivity contribution in [2.24, 2.45) is 0 Å². The molecule has 1 N–H and O–H groups in total. The molecule has 1 fully saturated rings. The molecule has 13 heavy (non-hydrogen) atoms. The van der Waals surface area contributed by atoms with E-state index in [1.807, 2.05) is 0 Å². The molecule has 2 heteroatoms. The molecule has 0 aliphatic heterocycles. The van der Waals surface area contributed by atoms with Crippen molar-refractivity contribution < 1.29 is 0 Å². The van der Waals surface area contributed by atoms with Crippen LogP contribution in [0.15, 0.2) is 0 Å². The van der Waals surface area contributed by atoms with Gasteiger partial charge in [0, 0.05) is 24.7 Å². The molecule has 78 valence electrons. The fraction of sp³-hybridized carbons (Fsp3) is 1.00. The lowest BCUT2D eigenvalue weighted by Gasteiger charge is -2.28. The highest BCUT2D eigenvalue weighted by Gasteiger charge is 2.29. The van der Waals surface area contributed by atoms with E-state index < -0.39 is 0 Å². The summed E-state index contributed by atoms with van der Waals surface area (Å²) in [6.45, 7) is 7.85. The van der Waals surface area contributed by atoms with Crippen molar-refractivity contribution in [2.45, 2.75) is 58.2 Å². The summed E-state index contributed by atoms with van der Waals surface area (Å²) in [5, 5.41) is 3.52. The highest BCUT2D eigenvalue weighted by atomic mass is 15.2. The summed E-state index contributed by atoms with van der Waals surface area (Å²) in [5.41, 5.74) is 0. The highest BCUT2D eigenvalue weighted by molar-refractivity contribution is 4.87. The molecule has 1 unspecified atom stereocenters. The van der Waals surface area contributed by atoms with Crippen LogP contribution in [0.2, 0.25) is 0 Å². The Kier molecular flexibility index (Phi) is 4.20. The topological polar surface area (TPSA) is 15.3 Å². The first-order valence-corrected chi connectivity index (χ1v) is 5.60. The van der Waals surface area contributed by atoms with Gasteiger partial charge in [-0.05, 0) is 26.3 Å². The van der Waals surface area contributed by atoms with Crippen molar-refractivity contribution in [3.8, 4) is 0 Å². The number of likely N-dealkylation sites (N-methyl/N-ethyl adjacent to an activating group) is 1. The molecule has 0 amide bonds. The third kappa shape index (κ3) is 3.65. The third-order valence-corrected chi connectivity index (χ3v) is 2.93. The van der Waals surface area contributed by atoms with Gasteiger partial charge in [0.1, 0.15) is 0 Å². The summed E-state index contributed by atoms with van der Waals surface area (Å²) >= 11 is 0. The van der Waals surface area contributed by atoms with E-state index in [4.69, 9.17) is 0 Å². The van der Waals surface area contributed by atoms with Gasteiger partial charge in [0.2, 0.25) is 0 Å². The number of hydrogen-bond acceptors (Lipinski definition) is 2. The Balaban J connectivity index is 2.24. The van der Waals surface area contributed by atoms with Crippen molar-refractivity contribution in [2.75, 3.05) is 13.6 Å². The molecule has 0 aromatic heterocycles. The third-order valence-electron chi connectivity index (χ3n) is 2.93. The SMILES string of the molecule is CCC(CNC(C)C)N(C)C1CC1.